The molecule has 0 bridgehead atoms. The fourth-order valence-electron chi connectivity index (χ4n) is 2.28. The van der Waals surface area contributed by atoms with Crippen LogP contribution < -0.4 is 10.6 Å². The van der Waals surface area contributed by atoms with Crippen LogP contribution in [-0.4, -0.2) is 23.3 Å². The zero-order valence-electron chi connectivity index (χ0n) is 10.6. The van der Waals surface area contributed by atoms with Crippen LogP contribution in [0.1, 0.15) is 12.0 Å². The van der Waals surface area contributed by atoms with Crippen molar-refractivity contribution in [3.05, 3.63) is 32.3 Å². The number of carbonyl (C=O) groups excluding carboxylic acids is 2. The minimum atomic E-state index is -0.524. The lowest BCUT2D eigenvalue weighted by molar-refractivity contribution is -0.385. The van der Waals surface area contributed by atoms with Crippen LogP contribution in [0.4, 0.5) is 11.4 Å². The molecular weight excluding hydrogens is 330 g/mol. The van der Waals surface area contributed by atoms with Gasteiger partial charge in [0, 0.05) is 29.6 Å². The summed E-state index contributed by atoms with van der Waals surface area (Å²) in [5, 5.41) is 10.8. The van der Waals surface area contributed by atoms with Crippen LogP contribution >= 0.6 is 15.9 Å². The smallest absolute Gasteiger partial charge is 0.270 e. The van der Waals surface area contributed by atoms with Crippen LogP contribution in [0.3, 0.4) is 0 Å². The number of amides is 2. The van der Waals surface area contributed by atoms with Gasteiger partial charge in [0.1, 0.15) is 0 Å². The molecule has 2 rings (SSSR count). The maximum Gasteiger partial charge on any atom is 0.270 e. The molecule has 0 aromatic heterocycles. The van der Waals surface area contributed by atoms with Crippen LogP contribution in [-0.2, 0) is 9.59 Å². The van der Waals surface area contributed by atoms with E-state index in [0.29, 0.717) is 15.7 Å². The van der Waals surface area contributed by atoms with E-state index >= 15 is 0 Å². The van der Waals surface area contributed by atoms with Gasteiger partial charge in [-0.2, -0.15) is 0 Å². The molecule has 106 valence electrons. The van der Waals surface area contributed by atoms with Crippen molar-refractivity contribution in [1.29, 1.82) is 0 Å². The van der Waals surface area contributed by atoms with Gasteiger partial charge in [-0.3, -0.25) is 19.7 Å². The third kappa shape index (κ3) is 2.51. The first-order valence-electron chi connectivity index (χ1n) is 5.85. The van der Waals surface area contributed by atoms with Crippen molar-refractivity contribution in [3.8, 4) is 0 Å². The number of hydrogen-bond donors (Lipinski definition) is 1. The van der Waals surface area contributed by atoms with Gasteiger partial charge < -0.3 is 10.6 Å². The first-order valence-corrected chi connectivity index (χ1v) is 6.64. The number of carbonyl (C=O) groups is 2. The molecule has 0 saturated carbocycles. The van der Waals surface area contributed by atoms with Crippen molar-refractivity contribution < 1.29 is 14.5 Å². The highest BCUT2D eigenvalue weighted by molar-refractivity contribution is 9.10. The molecule has 1 aliphatic heterocycles. The van der Waals surface area contributed by atoms with Crippen molar-refractivity contribution in [3.63, 3.8) is 0 Å². The van der Waals surface area contributed by atoms with Crippen LogP contribution in [0.15, 0.2) is 16.6 Å². The summed E-state index contributed by atoms with van der Waals surface area (Å²) in [5.74, 6) is -1.26. The first kappa shape index (κ1) is 14.4. The number of halogens is 1. The topological polar surface area (TPSA) is 107 Å². The summed E-state index contributed by atoms with van der Waals surface area (Å²) in [5.41, 5.74) is 6.30. The van der Waals surface area contributed by atoms with Crippen molar-refractivity contribution in [1.82, 2.24) is 0 Å². The summed E-state index contributed by atoms with van der Waals surface area (Å²) in [4.78, 5) is 34.9. The zero-order chi connectivity index (χ0) is 15.0. The van der Waals surface area contributed by atoms with Crippen LogP contribution in [0, 0.1) is 23.0 Å². The number of non-ortho nitro benzene ring substituents is 1. The number of primary amides is 1. The van der Waals surface area contributed by atoms with Gasteiger partial charge in [-0.25, -0.2) is 0 Å². The summed E-state index contributed by atoms with van der Waals surface area (Å²) in [7, 11) is 0. The zero-order valence-corrected chi connectivity index (χ0v) is 12.2. The summed E-state index contributed by atoms with van der Waals surface area (Å²) >= 11 is 3.25. The molecule has 1 aromatic carbocycles. The summed E-state index contributed by atoms with van der Waals surface area (Å²) in [6.45, 7) is 1.88. The molecule has 2 N–H and O–H groups in total. The lowest BCUT2D eigenvalue weighted by Gasteiger charge is -2.20. The Morgan fingerprint density at radius 2 is 2.20 bits per heavy atom. The summed E-state index contributed by atoms with van der Waals surface area (Å²) < 4.78 is 0.447. The number of nitro groups is 1. The molecule has 0 spiro atoms. The van der Waals surface area contributed by atoms with Crippen LogP contribution in [0.25, 0.3) is 0 Å². The summed E-state index contributed by atoms with van der Waals surface area (Å²) in [6.07, 6.45) is 0.0677. The van der Waals surface area contributed by atoms with E-state index in [1.54, 1.807) is 6.92 Å². The SMILES string of the molecule is Cc1cc([N+](=O)[O-])cc(Br)c1N1CC(C(N)=O)CC1=O. The predicted molar refractivity (Wildman–Crippen MR) is 75.2 cm³/mol. The molecule has 1 unspecified atom stereocenters. The van der Waals surface area contributed by atoms with Crippen molar-refractivity contribution in [2.45, 2.75) is 13.3 Å². The fourth-order valence-corrected chi connectivity index (χ4v) is 3.04. The van der Waals surface area contributed by atoms with E-state index in [4.69, 9.17) is 5.73 Å². The molecule has 1 atom stereocenters. The van der Waals surface area contributed by atoms with Gasteiger partial charge in [-0.1, -0.05) is 0 Å². The average Bonchev–Trinajstić information content (AvgIpc) is 2.70. The molecule has 7 nitrogen and oxygen atoms in total. The second kappa shape index (κ2) is 5.20. The van der Waals surface area contributed by atoms with Crippen molar-refractivity contribution >= 4 is 39.1 Å². The lowest BCUT2D eigenvalue weighted by Crippen LogP contribution is -2.29. The van der Waals surface area contributed by atoms with E-state index in [2.05, 4.69) is 15.9 Å². The van der Waals surface area contributed by atoms with Crippen molar-refractivity contribution in [2.24, 2.45) is 11.7 Å². The van der Waals surface area contributed by atoms with Gasteiger partial charge >= 0.3 is 0 Å². The minimum absolute atomic E-state index is 0.0591. The Hall–Kier alpha value is -1.96. The Kier molecular flexibility index (Phi) is 3.76. The van der Waals surface area contributed by atoms with Gasteiger partial charge in [-0.15, -0.1) is 0 Å². The second-order valence-corrected chi connectivity index (χ2v) is 5.51. The molecule has 2 amide bonds. The quantitative estimate of drug-likeness (QED) is 0.663. The predicted octanol–water partition coefficient (Wildman–Crippen LogP) is 1.50. The van der Waals surface area contributed by atoms with Crippen LogP contribution in [0.5, 0.6) is 0 Å². The van der Waals surface area contributed by atoms with Gasteiger partial charge in [0.05, 0.1) is 16.5 Å². The molecular formula is C12H12BrN3O4. The molecule has 1 aliphatic rings. The Bertz CT molecular complexity index is 594. The largest absolute Gasteiger partial charge is 0.369 e. The summed E-state index contributed by atoms with van der Waals surface area (Å²) in [6, 6.07) is 2.73. The number of aryl methyl sites for hydroxylation is 1. The maximum atomic E-state index is 12.0. The fraction of sp³-hybridized carbons (Fsp3) is 0.333. The van der Waals surface area contributed by atoms with Crippen LogP contribution in [0.2, 0.25) is 0 Å². The minimum Gasteiger partial charge on any atom is -0.369 e. The molecule has 0 radical (unpaired) electrons. The highest BCUT2D eigenvalue weighted by Crippen LogP contribution is 2.37. The highest BCUT2D eigenvalue weighted by Gasteiger charge is 2.35. The van der Waals surface area contributed by atoms with E-state index in [1.165, 1.54) is 17.0 Å². The van der Waals surface area contributed by atoms with E-state index in [0.717, 1.165) is 0 Å². The number of hydrogen-bond acceptors (Lipinski definition) is 4. The third-order valence-corrected chi connectivity index (χ3v) is 3.85. The average molecular weight is 342 g/mol. The Balaban J connectivity index is 2.41. The number of benzene rings is 1. The van der Waals surface area contributed by atoms with E-state index in [-0.39, 0.29) is 24.6 Å². The molecule has 1 saturated heterocycles. The number of nitrogens with zero attached hydrogens (tertiary/aromatic N) is 2. The normalized spacial score (nSPS) is 18.4. The Morgan fingerprint density at radius 3 is 2.65 bits per heavy atom. The number of anilines is 1. The third-order valence-electron chi connectivity index (χ3n) is 3.25. The first-order chi connectivity index (χ1) is 9.31. The Morgan fingerprint density at radius 1 is 1.55 bits per heavy atom. The van der Waals surface area contributed by atoms with Gasteiger partial charge in [0.2, 0.25) is 11.8 Å². The van der Waals surface area contributed by atoms with E-state index < -0.39 is 16.7 Å². The molecule has 0 aliphatic carbocycles. The standard InChI is InChI=1S/C12H12BrN3O4/c1-6-2-8(16(19)20)4-9(13)11(6)15-5-7(12(14)18)3-10(15)17/h2,4,7H,3,5H2,1H3,(H2,14,18). The number of nitrogens with two attached hydrogens (primary N) is 1. The lowest BCUT2D eigenvalue weighted by atomic mass is 10.1. The van der Waals surface area contributed by atoms with E-state index in [9.17, 15) is 19.7 Å². The van der Waals surface area contributed by atoms with E-state index in [1.807, 2.05) is 0 Å². The van der Waals surface area contributed by atoms with Gasteiger partial charge in [-0.05, 0) is 28.4 Å². The maximum absolute atomic E-state index is 12.0. The molecule has 1 aromatic rings. The second-order valence-electron chi connectivity index (χ2n) is 4.66. The molecule has 8 heteroatoms. The van der Waals surface area contributed by atoms with Gasteiger partial charge in [0.25, 0.3) is 5.69 Å². The highest BCUT2D eigenvalue weighted by atomic mass is 79.9. The van der Waals surface area contributed by atoms with Gasteiger partial charge in [0.15, 0.2) is 0 Å². The molecule has 1 fully saturated rings. The molecule has 20 heavy (non-hydrogen) atoms. The number of rotatable bonds is 3. The molecule has 1 heterocycles. The number of nitro benzene ring substituents is 1. The monoisotopic (exact) mass is 341 g/mol. The Labute approximate surface area is 123 Å². The van der Waals surface area contributed by atoms with Crippen molar-refractivity contribution in [2.75, 3.05) is 11.4 Å².